The number of aliphatic imine (C=N–C) groups is 1. The van der Waals surface area contributed by atoms with Crippen LogP contribution in [0.25, 0.3) is 0 Å². The number of ketones is 1. The van der Waals surface area contributed by atoms with Crippen LogP contribution in [0.3, 0.4) is 0 Å². The molecule has 6 N–H and O–H groups in total. The van der Waals surface area contributed by atoms with E-state index in [-0.39, 0.29) is 67.8 Å². The number of benzene rings is 2. The van der Waals surface area contributed by atoms with Crippen molar-refractivity contribution in [2.45, 2.75) is 63.6 Å². The molecule has 0 aromatic heterocycles. The van der Waals surface area contributed by atoms with E-state index in [0.717, 1.165) is 17.7 Å². The first kappa shape index (κ1) is 37.8. The largest absolute Gasteiger partial charge is 0.445 e. The van der Waals surface area contributed by atoms with Crippen LogP contribution in [0, 0.1) is 20.2 Å². The molecular formula is C31H41N9O9. The zero-order chi connectivity index (χ0) is 36.0. The van der Waals surface area contributed by atoms with Gasteiger partial charge in [0.15, 0.2) is 16.8 Å². The van der Waals surface area contributed by atoms with Gasteiger partial charge >= 0.3 is 12.0 Å². The number of anilines is 1. The van der Waals surface area contributed by atoms with E-state index in [4.69, 9.17) is 16.2 Å². The Morgan fingerprint density at radius 1 is 1.06 bits per heavy atom. The van der Waals surface area contributed by atoms with Crippen molar-refractivity contribution in [1.29, 1.82) is 0 Å². The molecule has 0 bridgehead atoms. The van der Waals surface area contributed by atoms with Gasteiger partial charge in [-0.05, 0) is 68.3 Å². The Balaban J connectivity index is 1.95. The molecule has 3 amide bonds. The second kappa shape index (κ2) is 18.0. The summed E-state index contributed by atoms with van der Waals surface area (Å²) in [6.45, 7) is 2.22. The number of rotatable bonds is 18. The zero-order valence-corrected chi connectivity index (χ0v) is 27.1. The van der Waals surface area contributed by atoms with Crippen molar-refractivity contribution in [3.8, 4) is 0 Å². The second-order valence-electron chi connectivity index (χ2n) is 11.2. The zero-order valence-electron chi connectivity index (χ0n) is 27.1. The minimum Gasteiger partial charge on any atom is -0.445 e. The predicted octanol–water partition coefficient (Wildman–Crippen LogP) is 2.11. The lowest BCUT2D eigenvalue weighted by Gasteiger charge is -2.35. The predicted molar refractivity (Wildman–Crippen MR) is 177 cm³/mol. The van der Waals surface area contributed by atoms with E-state index in [9.17, 15) is 39.4 Å². The van der Waals surface area contributed by atoms with E-state index in [1.807, 2.05) is 6.07 Å². The van der Waals surface area contributed by atoms with Crippen LogP contribution in [0.4, 0.5) is 16.2 Å². The van der Waals surface area contributed by atoms with Crippen LogP contribution in [0.1, 0.15) is 51.0 Å². The third kappa shape index (κ3) is 10.2. The molecule has 18 heteroatoms. The molecule has 0 spiro atoms. The third-order valence-electron chi connectivity index (χ3n) is 7.93. The number of hydrazine groups is 1. The van der Waals surface area contributed by atoms with Gasteiger partial charge in [-0.25, -0.2) is 14.9 Å². The van der Waals surface area contributed by atoms with Crippen LogP contribution < -0.4 is 22.1 Å². The number of guanidine groups is 1. The summed E-state index contributed by atoms with van der Waals surface area (Å²) in [6.07, 6.45) is -1.02. The highest BCUT2D eigenvalue weighted by atomic mass is 16.7. The molecule has 0 radical (unpaired) electrons. The third-order valence-corrected chi connectivity index (χ3v) is 7.93. The number of hydrogen-bond acceptors (Lipinski definition) is 11. The van der Waals surface area contributed by atoms with Crippen molar-refractivity contribution >= 4 is 41.0 Å². The fourth-order valence-corrected chi connectivity index (χ4v) is 5.42. The van der Waals surface area contributed by atoms with E-state index < -0.39 is 58.1 Å². The number of carbonyl (C=O) groups excluding carboxylic acids is 4. The first-order valence-electron chi connectivity index (χ1n) is 15.7. The molecule has 49 heavy (non-hydrogen) atoms. The summed E-state index contributed by atoms with van der Waals surface area (Å²) in [5, 5.41) is 28.2. The minimum absolute atomic E-state index is 0.000502. The highest BCUT2D eigenvalue weighted by Gasteiger charge is 2.59. The smallest absolute Gasteiger partial charge is 0.410 e. The van der Waals surface area contributed by atoms with Crippen molar-refractivity contribution in [1.82, 2.24) is 15.2 Å². The van der Waals surface area contributed by atoms with E-state index >= 15 is 0 Å². The van der Waals surface area contributed by atoms with Crippen molar-refractivity contribution < 1.29 is 33.9 Å². The van der Waals surface area contributed by atoms with E-state index in [1.165, 1.54) is 17.0 Å². The maximum atomic E-state index is 14.3. The summed E-state index contributed by atoms with van der Waals surface area (Å²) in [5.41, 5.74) is 8.65. The molecule has 0 aliphatic carbocycles. The van der Waals surface area contributed by atoms with Crippen molar-refractivity contribution in [2.75, 3.05) is 31.5 Å². The summed E-state index contributed by atoms with van der Waals surface area (Å²) >= 11 is 0. The Kier molecular flexibility index (Phi) is 13.9. The van der Waals surface area contributed by atoms with Gasteiger partial charge in [-0.2, -0.15) is 0 Å². The Morgan fingerprint density at radius 2 is 1.76 bits per heavy atom. The topological polar surface area (TPSA) is 259 Å². The maximum Gasteiger partial charge on any atom is 0.410 e. The number of ether oxygens (including phenoxy) is 1. The number of Topliss-reactive ketones (excluding diaryl/α,β-unsaturated/α-hetero) is 1. The quantitative estimate of drug-likeness (QED) is 0.0440. The number of nitro groups is 2. The molecular weight excluding hydrogens is 642 g/mol. The first-order valence-corrected chi connectivity index (χ1v) is 15.7. The average Bonchev–Trinajstić information content (AvgIpc) is 3.62. The number of nitrogens with one attached hydrogen (secondary N) is 2. The Morgan fingerprint density at radius 3 is 2.33 bits per heavy atom. The lowest BCUT2D eigenvalue weighted by atomic mass is 9.83. The van der Waals surface area contributed by atoms with Gasteiger partial charge < -0.3 is 31.7 Å². The molecule has 264 valence electrons. The van der Waals surface area contributed by atoms with Crippen molar-refractivity contribution in [3.63, 3.8) is 0 Å². The Bertz CT molecular complexity index is 1510. The van der Waals surface area contributed by atoms with Crippen molar-refractivity contribution in [2.24, 2.45) is 16.5 Å². The molecule has 18 nitrogen and oxygen atoms in total. The van der Waals surface area contributed by atoms with Gasteiger partial charge in [-0.3, -0.25) is 29.5 Å². The van der Waals surface area contributed by atoms with Gasteiger partial charge in [0.25, 0.3) is 11.6 Å². The fourth-order valence-electron chi connectivity index (χ4n) is 5.42. The maximum absolute atomic E-state index is 14.3. The number of non-ortho nitro benzene ring substituents is 1. The lowest BCUT2D eigenvalue weighted by molar-refractivity contribution is -0.646. The molecule has 0 saturated carbocycles. The number of carbonyl (C=O) groups is 4. The summed E-state index contributed by atoms with van der Waals surface area (Å²) in [5.74, 6) is -3.54. The molecule has 2 aromatic rings. The molecule has 1 saturated heterocycles. The summed E-state index contributed by atoms with van der Waals surface area (Å²) < 4.78 is 5.39. The number of nitrogens with zero attached hydrogens (tertiary/aromatic N) is 5. The average molecular weight is 684 g/mol. The number of hydrogen-bond donors (Lipinski definition) is 4. The molecule has 2 aromatic carbocycles. The highest BCUT2D eigenvalue weighted by molar-refractivity contribution is 6.17. The van der Waals surface area contributed by atoms with Gasteiger partial charge in [-0.15, -0.1) is 0 Å². The lowest BCUT2D eigenvalue weighted by Crippen LogP contribution is -2.67. The van der Waals surface area contributed by atoms with E-state index in [2.05, 4.69) is 15.6 Å². The SMILES string of the molecule is CCN(CCCC(=O)[C@](CCCN=C(N)N)(C(=O)Nc1ccc([N+](=O)[O-])cc1)N(C(=O)[C@@H]1CCCN1)[N+](=O)[O-])C(=O)OCc1ccccc1. The van der Waals surface area contributed by atoms with Crippen molar-refractivity contribution in [3.05, 3.63) is 80.4 Å². The number of nitrogens with two attached hydrogens (primary N) is 2. The molecule has 1 heterocycles. The second-order valence-corrected chi connectivity index (χ2v) is 11.2. The molecule has 3 rings (SSSR count). The van der Waals surface area contributed by atoms with Crippen LogP contribution >= 0.6 is 0 Å². The van der Waals surface area contributed by atoms with Crippen LogP contribution in [0.5, 0.6) is 0 Å². The first-order chi connectivity index (χ1) is 23.4. The number of amides is 3. The Labute approximate surface area is 282 Å². The number of nitro benzene ring substituents is 1. The standard InChI is InChI=1S/C31H41N9O9/c1-2-37(30(44)49-21-22-9-4-3-5-10-22)20-7-12-26(41)31(17-8-19-35-29(32)33,38(40(47)48)27(42)25-11-6-18-34-25)28(43)36-23-13-15-24(16-14-23)39(45)46/h3-5,9-10,13-16,25,34H,2,6-8,11-12,17-21H2,1H3,(H,36,43)(H4,32,33,35)/t25-,31+/m0/s1. The van der Waals surface area contributed by atoms with Crippen LogP contribution in [-0.2, 0) is 25.7 Å². The molecule has 0 unspecified atom stereocenters. The van der Waals surface area contributed by atoms with Crippen LogP contribution in [0.15, 0.2) is 59.6 Å². The summed E-state index contributed by atoms with van der Waals surface area (Å²) in [4.78, 5) is 83.4. The molecule has 1 fully saturated rings. The molecule has 1 aliphatic heterocycles. The van der Waals surface area contributed by atoms with Gasteiger partial charge in [0.05, 0.1) is 11.0 Å². The molecule has 2 atom stereocenters. The van der Waals surface area contributed by atoms with E-state index in [1.54, 1.807) is 31.2 Å². The van der Waals surface area contributed by atoms with Crippen LogP contribution in [-0.4, -0.2) is 87.3 Å². The van der Waals surface area contributed by atoms with Gasteiger partial charge in [0, 0.05) is 43.9 Å². The Hall–Kier alpha value is -5.65. The monoisotopic (exact) mass is 683 g/mol. The summed E-state index contributed by atoms with van der Waals surface area (Å²) in [6, 6.07) is 12.6. The minimum atomic E-state index is -2.70. The summed E-state index contributed by atoms with van der Waals surface area (Å²) in [7, 11) is 0. The normalized spacial score (nSPS) is 14.9. The molecule has 1 aliphatic rings. The van der Waals surface area contributed by atoms with Gasteiger partial charge in [0.1, 0.15) is 6.61 Å². The van der Waals surface area contributed by atoms with Gasteiger partial charge in [-0.1, -0.05) is 30.3 Å². The van der Waals surface area contributed by atoms with E-state index in [0.29, 0.717) is 13.0 Å². The van der Waals surface area contributed by atoms with Gasteiger partial charge in [0.2, 0.25) is 5.54 Å². The fraction of sp³-hybridized carbons (Fsp3) is 0.452. The highest BCUT2D eigenvalue weighted by Crippen LogP contribution is 2.30. The van der Waals surface area contributed by atoms with Crippen LogP contribution in [0.2, 0.25) is 0 Å².